The van der Waals surface area contributed by atoms with Gasteiger partial charge in [-0.1, -0.05) is 23.8 Å². The number of nitrogens with one attached hydrogen (secondary N) is 1. The van der Waals surface area contributed by atoms with Gasteiger partial charge in [0.2, 0.25) is 10.0 Å². The summed E-state index contributed by atoms with van der Waals surface area (Å²) in [6.07, 6.45) is 0. The van der Waals surface area contributed by atoms with Crippen LogP contribution in [-0.2, 0) is 10.0 Å². The topological polar surface area (TPSA) is 66.5 Å². The van der Waals surface area contributed by atoms with Crippen molar-refractivity contribution in [3.05, 3.63) is 64.7 Å². The second kappa shape index (κ2) is 7.91. The summed E-state index contributed by atoms with van der Waals surface area (Å²) in [6, 6.07) is 12.6. The smallest absolute Gasteiger partial charge is 0.251 e. The zero-order valence-corrected chi connectivity index (χ0v) is 16.7. The van der Waals surface area contributed by atoms with E-state index in [2.05, 4.69) is 11.4 Å². The molecule has 0 radical (unpaired) electrons. The van der Waals surface area contributed by atoms with Crippen LogP contribution in [0.2, 0.25) is 0 Å². The highest BCUT2D eigenvalue weighted by atomic mass is 32.2. The first-order valence-corrected chi connectivity index (χ1v) is 10.2. The maximum absolute atomic E-state index is 12.5. The standard InChI is InChI=1S/C20H26N2O3S/c1-6-26(24,25)22(5)18-10-8-17(9-11-18)20(23)21-16(4)19-12-7-14(2)13-15(19)3/h7-13,16H,6H2,1-5H3,(H,21,23)/t16-/m0/s1. The van der Waals surface area contributed by atoms with Crippen molar-refractivity contribution in [1.82, 2.24) is 5.32 Å². The molecule has 0 unspecified atom stereocenters. The number of nitrogens with zero attached hydrogens (tertiary/aromatic N) is 1. The van der Waals surface area contributed by atoms with Crippen molar-refractivity contribution >= 4 is 21.6 Å². The van der Waals surface area contributed by atoms with E-state index in [1.54, 1.807) is 31.2 Å². The van der Waals surface area contributed by atoms with E-state index in [-0.39, 0.29) is 17.7 Å². The summed E-state index contributed by atoms with van der Waals surface area (Å²) in [5.41, 5.74) is 4.43. The Balaban J connectivity index is 2.13. The van der Waals surface area contributed by atoms with Crippen molar-refractivity contribution in [2.45, 2.75) is 33.7 Å². The maximum Gasteiger partial charge on any atom is 0.251 e. The zero-order valence-electron chi connectivity index (χ0n) is 15.9. The lowest BCUT2D eigenvalue weighted by Crippen LogP contribution is -2.29. The van der Waals surface area contributed by atoms with Gasteiger partial charge in [-0.3, -0.25) is 9.10 Å². The van der Waals surface area contributed by atoms with Crippen molar-refractivity contribution in [2.75, 3.05) is 17.1 Å². The first kappa shape index (κ1) is 20.0. The van der Waals surface area contributed by atoms with Gasteiger partial charge in [0.15, 0.2) is 0 Å². The molecule has 2 aromatic rings. The Morgan fingerprint density at radius 2 is 1.73 bits per heavy atom. The number of benzene rings is 2. The molecule has 1 amide bonds. The van der Waals surface area contributed by atoms with E-state index in [4.69, 9.17) is 0 Å². The highest BCUT2D eigenvalue weighted by molar-refractivity contribution is 7.92. The average molecular weight is 375 g/mol. The Labute approximate surface area is 156 Å². The molecule has 0 saturated carbocycles. The van der Waals surface area contributed by atoms with Gasteiger partial charge in [0, 0.05) is 12.6 Å². The highest BCUT2D eigenvalue weighted by Crippen LogP contribution is 2.20. The third-order valence-corrected chi connectivity index (χ3v) is 6.29. The Hall–Kier alpha value is -2.34. The Kier molecular flexibility index (Phi) is 6.08. The van der Waals surface area contributed by atoms with E-state index in [0.717, 1.165) is 11.1 Å². The molecule has 5 nitrogen and oxygen atoms in total. The molecule has 0 fully saturated rings. The van der Waals surface area contributed by atoms with Crippen molar-refractivity contribution < 1.29 is 13.2 Å². The summed E-state index contributed by atoms with van der Waals surface area (Å²) in [7, 11) is -1.80. The molecule has 2 aromatic carbocycles. The lowest BCUT2D eigenvalue weighted by atomic mass is 10.00. The molecular formula is C20H26N2O3S. The van der Waals surface area contributed by atoms with E-state index in [0.29, 0.717) is 11.3 Å². The lowest BCUT2D eigenvalue weighted by molar-refractivity contribution is 0.0940. The largest absolute Gasteiger partial charge is 0.346 e. The van der Waals surface area contributed by atoms with E-state index >= 15 is 0 Å². The van der Waals surface area contributed by atoms with Gasteiger partial charge in [-0.05, 0) is 63.1 Å². The van der Waals surface area contributed by atoms with Crippen LogP contribution in [-0.4, -0.2) is 27.1 Å². The van der Waals surface area contributed by atoms with Gasteiger partial charge in [0.05, 0.1) is 17.5 Å². The van der Waals surface area contributed by atoms with Gasteiger partial charge in [0.25, 0.3) is 5.91 Å². The number of hydrogen-bond donors (Lipinski definition) is 1. The first-order valence-electron chi connectivity index (χ1n) is 8.60. The lowest BCUT2D eigenvalue weighted by Gasteiger charge is -2.19. The minimum atomic E-state index is -3.31. The highest BCUT2D eigenvalue weighted by Gasteiger charge is 2.17. The summed E-state index contributed by atoms with van der Waals surface area (Å²) in [5, 5.41) is 2.99. The second-order valence-corrected chi connectivity index (χ2v) is 8.76. The molecular weight excluding hydrogens is 348 g/mol. The number of anilines is 1. The molecule has 0 aliphatic heterocycles. The van der Waals surface area contributed by atoms with Crippen molar-refractivity contribution in [2.24, 2.45) is 0 Å². The third kappa shape index (κ3) is 4.43. The number of hydrogen-bond acceptors (Lipinski definition) is 3. The van der Waals surface area contributed by atoms with Crippen LogP contribution in [0.4, 0.5) is 5.69 Å². The minimum Gasteiger partial charge on any atom is -0.346 e. The molecule has 1 atom stereocenters. The first-order chi connectivity index (χ1) is 12.2. The predicted molar refractivity (Wildman–Crippen MR) is 106 cm³/mol. The third-order valence-electron chi connectivity index (χ3n) is 4.51. The number of carbonyl (C=O) groups is 1. The summed E-state index contributed by atoms with van der Waals surface area (Å²) in [6.45, 7) is 7.62. The van der Waals surface area contributed by atoms with Crippen molar-refractivity contribution in [3.8, 4) is 0 Å². The molecule has 140 valence electrons. The fourth-order valence-electron chi connectivity index (χ4n) is 2.85. The molecule has 0 saturated heterocycles. The number of amides is 1. The van der Waals surface area contributed by atoms with Crippen LogP contribution in [0.15, 0.2) is 42.5 Å². The van der Waals surface area contributed by atoms with Gasteiger partial charge < -0.3 is 5.32 Å². The Bertz CT molecular complexity index is 890. The summed E-state index contributed by atoms with van der Waals surface area (Å²) >= 11 is 0. The van der Waals surface area contributed by atoms with E-state index in [1.807, 2.05) is 32.9 Å². The van der Waals surface area contributed by atoms with Crippen LogP contribution < -0.4 is 9.62 Å². The summed E-state index contributed by atoms with van der Waals surface area (Å²) < 4.78 is 25.1. The van der Waals surface area contributed by atoms with Gasteiger partial charge in [-0.15, -0.1) is 0 Å². The SMILES string of the molecule is CCS(=O)(=O)N(C)c1ccc(C(=O)N[C@@H](C)c2ccc(C)cc2C)cc1. The Morgan fingerprint density at radius 1 is 1.12 bits per heavy atom. The van der Waals surface area contributed by atoms with Crippen LogP contribution in [0.5, 0.6) is 0 Å². The minimum absolute atomic E-state index is 0.0269. The summed E-state index contributed by atoms with van der Waals surface area (Å²) in [4.78, 5) is 12.5. The number of rotatable bonds is 6. The summed E-state index contributed by atoms with van der Waals surface area (Å²) in [5.74, 6) is -0.163. The fraction of sp³-hybridized carbons (Fsp3) is 0.350. The van der Waals surface area contributed by atoms with Gasteiger partial charge in [-0.25, -0.2) is 8.42 Å². The van der Waals surface area contributed by atoms with Gasteiger partial charge >= 0.3 is 0 Å². The van der Waals surface area contributed by atoms with Crippen LogP contribution in [0.1, 0.15) is 46.9 Å². The number of aryl methyl sites for hydroxylation is 2. The molecule has 26 heavy (non-hydrogen) atoms. The quantitative estimate of drug-likeness (QED) is 0.840. The van der Waals surface area contributed by atoms with E-state index < -0.39 is 10.0 Å². The average Bonchev–Trinajstić information content (AvgIpc) is 2.60. The number of sulfonamides is 1. The molecule has 1 N–H and O–H groups in total. The molecule has 0 aliphatic rings. The molecule has 0 aliphatic carbocycles. The van der Waals surface area contributed by atoms with Crippen molar-refractivity contribution in [1.29, 1.82) is 0 Å². The predicted octanol–water partition coefficient (Wildman–Crippen LogP) is 3.58. The molecule has 2 rings (SSSR count). The second-order valence-electron chi connectivity index (χ2n) is 6.47. The molecule has 0 bridgehead atoms. The molecule has 0 aromatic heterocycles. The fourth-order valence-corrected chi connectivity index (χ4v) is 3.68. The van der Waals surface area contributed by atoms with E-state index in [9.17, 15) is 13.2 Å². The van der Waals surface area contributed by atoms with Crippen LogP contribution in [0, 0.1) is 13.8 Å². The van der Waals surface area contributed by atoms with Gasteiger partial charge in [-0.2, -0.15) is 0 Å². The van der Waals surface area contributed by atoms with E-state index in [1.165, 1.54) is 16.9 Å². The van der Waals surface area contributed by atoms with Crippen LogP contribution in [0.3, 0.4) is 0 Å². The molecule has 0 heterocycles. The maximum atomic E-state index is 12.5. The van der Waals surface area contributed by atoms with Gasteiger partial charge in [0.1, 0.15) is 0 Å². The monoisotopic (exact) mass is 374 g/mol. The number of carbonyl (C=O) groups excluding carboxylic acids is 1. The Morgan fingerprint density at radius 3 is 2.27 bits per heavy atom. The normalized spacial score (nSPS) is 12.5. The van der Waals surface area contributed by atoms with Crippen molar-refractivity contribution in [3.63, 3.8) is 0 Å². The zero-order chi connectivity index (χ0) is 19.5. The van der Waals surface area contributed by atoms with Crippen LogP contribution >= 0.6 is 0 Å². The van der Waals surface area contributed by atoms with Crippen LogP contribution in [0.25, 0.3) is 0 Å². The molecule has 6 heteroatoms. The molecule has 0 spiro atoms.